The minimum Gasteiger partial charge on any atom is -0.497 e. The Kier molecular flexibility index (Phi) is 5.24. The fourth-order valence-corrected chi connectivity index (χ4v) is 3.01. The molecule has 1 heterocycles. The molecule has 2 aromatic rings. The molecule has 5 nitrogen and oxygen atoms in total. The number of aliphatic hydroxyl groups is 1. The lowest BCUT2D eigenvalue weighted by atomic mass is 9.88. The first-order chi connectivity index (χ1) is 12.1. The Labute approximate surface area is 147 Å². The smallest absolute Gasteiger partial charge is 0.220 e. The maximum absolute atomic E-state index is 12.2. The predicted molar refractivity (Wildman–Crippen MR) is 94.8 cm³/mol. The van der Waals surface area contributed by atoms with Crippen molar-refractivity contribution in [2.24, 2.45) is 0 Å². The van der Waals surface area contributed by atoms with Gasteiger partial charge in [0.25, 0.3) is 0 Å². The van der Waals surface area contributed by atoms with Gasteiger partial charge in [-0.2, -0.15) is 0 Å². The molecule has 0 radical (unpaired) electrons. The molecule has 1 atom stereocenters. The molecule has 5 heteroatoms. The predicted octanol–water partition coefficient (Wildman–Crippen LogP) is 2.41. The summed E-state index contributed by atoms with van der Waals surface area (Å²) in [6, 6.07) is 15.1. The Hall–Kier alpha value is -2.53. The van der Waals surface area contributed by atoms with Gasteiger partial charge in [-0.05, 0) is 30.2 Å². The number of para-hydroxylation sites is 1. The van der Waals surface area contributed by atoms with Gasteiger partial charge in [-0.15, -0.1) is 0 Å². The van der Waals surface area contributed by atoms with E-state index >= 15 is 0 Å². The summed E-state index contributed by atoms with van der Waals surface area (Å²) in [6.07, 6.45) is 1.48. The van der Waals surface area contributed by atoms with Crippen LogP contribution in [0.3, 0.4) is 0 Å². The van der Waals surface area contributed by atoms with E-state index in [1.165, 1.54) is 0 Å². The number of hydrogen-bond donors (Lipinski definition) is 2. The van der Waals surface area contributed by atoms with Gasteiger partial charge in [0.1, 0.15) is 17.1 Å². The van der Waals surface area contributed by atoms with Crippen LogP contribution in [0.2, 0.25) is 0 Å². The molecule has 0 aliphatic carbocycles. The van der Waals surface area contributed by atoms with Crippen LogP contribution in [0.25, 0.3) is 0 Å². The summed E-state index contributed by atoms with van der Waals surface area (Å²) in [6.45, 7) is 0.629. The SMILES string of the molecule is COc1ccc(CCC(=O)NCC2(O)CCOc3ccccc32)cc1. The van der Waals surface area contributed by atoms with Gasteiger partial charge >= 0.3 is 0 Å². The zero-order chi connectivity index (χ0) is 17.7. The topological polar surface area (TPSA) is 67.8 Å². The van der Waals surface area contributed by atoms with Crippen LogP contribution in [-0.4, -0.2) is 31.3 Å². The van der Waals surface area contributed by atoms with Crippen molar-refractivity contribution in [2.45, 2.75) is 24.9 Å². The molecule has 25 heavy (non-hydrogen) atoms. The number of rotatable bonds is 6. The number of fused-ring (bicyclic) bond motifs is 1. The van der Waals surface area contributed by atoms with E-state index in [1.54, 1.807) is 7.11 Å². The van der Waals surface area contributed by atoms with Crippen molar-refractivity contribution in [3.63, 3.8) is 0 Å². The number of amides is 1. The van der Waals surface area contributed by atoms with Crippen molar-refractivity contribution in [2.75, 3.05) is 20.3 Å². The van der Waals surface area contributed by atoms with Gasteiger partial charge in [0.15, 0.2) is 0 Å². The van der Waals surface area contributed by atoms with Crippen molar-refractivity contribution in [1.29, 1.82) is 0 Å². The van der Waals surface area contributed by atoms with Gasteiger partial charge < -0.3 is 19.9 Å². The van der Waals surface area contributed by atoms with Crippen LogP contribution in [0.4, 0.5) is 0 Å². The first-order valence-electron chi connectivity index (χ1n) is 8.45. The number of carbonyl (C=O) groups is 1. The monoisotopic (exact) mass is 341 g/mol. The molecule has 1 aliphatic rings. The van der Waals surface area contributed by atoms with E-state index in [0.29, 0.717) is 31.6 Å². The van der Waals surface area contributed by atoms with Gasteiger partial charge in [0.2, 0.25) is 5.91 Å². The van der Waals surface area contributed by atoms with Gasteiger partial charge in [-0.3, -0.25) is 4.79 Å². The first kappa shape index (κ1) is 17.3. The average molecular weight is 341 g/mol. The van der Waals surface area contributed by atoms with Crippen molar-refractivity contribution in [3.05, 3.63) is 59.7 Å². The molecule has 0 spiro atoms. The molecule has 1 aliphatic heterocycles. The molecular weight excluding hydrogens is 318 g/mol. The maximum atomic E-state index is 12.2. The number of hydrogen-bond acceptors (Lipinski definition) is 4. The van der Waals surface area contributed by atoms with E-state index in [0.717, 1.165) is 16.9 Å². The standard InChI is InChI=1S/C20H23NO4/c1-24-16-9-6-15(7-10-16)8-11-19(22)21-14-20(23)12-13-25-18-5-3-2-4-17(18)20/h2-7,9-10,23H,8,11-14H2,1H3,(H,21,22). The molecule has 3 rings (SSSR count). The van der Waals surface area contributed by atoms with Crippen LogP contribution >= 0.6 is 0 Å². The summed E-state index contributed by atoms with van der Waals surface area (Å²) in [5.41, 5.74) is 0.729. The first-order valence-corrected chi connectivity index (χ1v) is 8.45. The van der Waals surface area contributed by atoms with Crippen molar-refractivity contribution in [1.82, 2.24) is 5.32 Å². The minimum atomic E-state index is -1.08. The zero-order valence-corrected chi connectivity index (χ0v) is 14.3. The summed E-state index contributed by atoms with van der Waals surface area (Å²) in [5.74, 6) is 1.41. The average Bonchev–Trinajstić information content (AvgIpc) is 2.66. The fraction of sp³-hybridized carbons (Fsp3) is 0.350. The van der Waals surface area contributed by atoms with Crippen LogP contribution in [-0.2, 0) is 16.8 Å². The molecule has 2 N–H and O–H groups in total. The number of methoxy groups -OCH3 is 1. The van der Waals surface area contributed by atoms with Crippen LogP contribution in [0.15, 0.2) is 48.5 Å². The van der Waals surface area contributed by atoms with Crippen molar-refractivity contribution in [3.8, 4) is 11.5 Å². The Bertz CT molecular complexity index is 729. The second kappa shape index (κ2) is 7.57. The second-order valence-electron chi connectivity index (χ2n) is 6.25. The fourth-order valence-electron chi connectivity index (χ4n) is 3.01. The number of aryl methyl sites for hydroxylation is 1. The van der Waals surface area contributed by atoms with Crippen LogP contribution in [0.1, 0.15) is 24.0 Å². The van der Waals surface area contributed by atoms with Gasteiger partial charge in [0, 0.05) is 18.4 Å². The highest BCUT2D eigenvalue weighted by Gasteiger charge is 2.35. The van der Waals surface area contributed by atoms with Crippen molar-refractivity contribution >= 4 is 5.91 Å². The van der Waals surface area contributed by atoms with E-state index in [1.807, 2.05) is 48.5 Å². The molecule has 2 aromatic carbocycles. The van der Waals surface area contributed by atoms with E-state index in [-0.39, 0.29) is 12.5 Å². The van der Waals surface area contributed by atoms with Crippen molar-refractivity contribution < 1.29 is 19.4 Å². The van der Waals surface area contributed by atoms with Crippen LogP contribution in [0, 0.1) is 0 Å². The molecule has 0 fully saturated rings. The molecule has 0 saturated carbocycles. The Morgan fingerprint density at radius 3 is 2.76 bits per heavy atom. The largest absolute Gasteiger partial charge is 0.497 e. The second-order valence-corrected chi connectivity index (χ2v) is 6.25. The lowest BCUT2D eigenvalue weighted by Gasteiger charge is -2.34. The third-order valence-corrected chi connectivity index (χ3v) is 4.54. The van der Waals surface area contributed by atoms with E-state index < -0.39 is 5.60 Å². The third kappa shape index (κ3) is 4.12. The molecular formula is C20H23NO4. The molecule has 0 bridgehead atoms. The molecule has 132 valence electrons. The third-order valence-electron chi connectivity index (χ3n) is 4.54. The Morgan fingerprint density at radius 1 is 1.24 bits per heavy atom. The Balaban J connectivity index is 1.53. The van der Waals surface area contributed by atoms with Gasteiger partial charge in [-0.25, -0.2) is 0 Å². The molecule has 1 unspecified atom stereocenters. The van der Waals surface area contributed by atoms with E-state index in [9.17, 15) is 9.90 Å². The van der Waals surface area contributed by atoms with Crippen LogP contribution in [0.5, 0.6) is 11.5 Å². The van der Waals surface area contributed by atoms with E-state index in [4.69, 9.17) is 9.47 Å². The summed E-state index contributed by atoms with van der Waals surface area (Å²) in [5, 5.41) is 13.8. The number of benzene rings is 2. The normalized spacial score (nSPS) is 18.8. The maximum Gasteiger partial charge on any atom is 0.220 e. The molecule has 1 amide bonds. The quantitative estimate of drug-likeness (QED) is 0.847. The molecule has 0 saturated heterocycles. The highest BCUT2D eigenvalue weighted by Crippen LogP contribution is 2.36. The minimum absolute atomic E-state index is 0.0757. The number of ether oxygens (including phenoxy) is 2. The molecule has 0 aromatic heterocycles. The summed E-state index contributed by atoms with van der Waals surface area (Å²) < 4.78 is 10.7. The Morgan fingerprint density at radius 2 is 2.00 bits per heavy atom. The summed E-state index contributed by atoms with van der Waals surface area (Å²) in [7, 11) is 1.63. The van der Waals surface area contributed by atoms with Gasteiger partial charge in [-0.1, -0.05) is 30.3 Å². The zero-order valence-electron chi connectivity index (χ0n) is 14.3. The van der Waals surface area contributed by atoms with Gasteiger partial charge in [0.05, 0.1) is 20.3 Å². The lowest BCUT2D eigenvalue weighted by Crippen LogP contribution is -2.43. The lowest BCUT2D eigenvalue weighted by molar-refractivity contribution is -0.122. The summed E-state index contributed by atoms with van der Waals surface area (Å²) >= 11 is 0. The number of nitrogens with one attached hydrogen (secondary N) is 1. The highest BCUT2D eigenvalue weighted by molar-refractivity contribution is 5.76. The van der Waals surface area contributed by atoms with Crippen LogP contribution < -0.4 is 14.8 Å². The van der Waals surface area contributed by atoms with E-state index in [2.05, 4.69) is 5.32 Å². The number of carbonyl (C=O) groups excluding carboxylic acids is 1. The highest BCUT2D eigenvalue weighted by atomic mass is 16.5. The summed E-state index contributed by atoms with van der Waals surface area (Å²) in [4.78, 5) is 12.2.